The van der Waals surface area contributed by atoms with Crippen LogP contribution in [0.15, 0.2) is 0 Å². The molecule has 0 radical (unpaired) electrons. The van der Waals surface area contributed by atoms with Crippen molar-refractivity contribution in [3.63, 3.8) is 0 Å². The summed E-state index contributed by atoms with van der Waals surface area (Å²) < 4.78 is 14.5. The second kappa shape index (κ2) is 6.78. The van der Waals surface area contributed by atoms with E-state index in [4.69, 9.17) is 10.5 Å². The second-order valence-electron chi connectivity index (χ2n) is 4.87. The summed E-state index contributed by atoms with van der Waals surface area (Å²) in [6.07, 6.45) is 2.61. The van der Waals surface area contributed by atoms with Crippen molar-refractivity contribution in [2.45, 2.75) is 25.9 Å². The van der Waals surface area contributed by atoms with E-state index in [1.54, 1.807) is 0 Å². The van der Waals surface area contributed by atoms with Crippen LogP contribution in [0.25, 0.3) is 0 Å². The van der Waals surface area contributed by atoms with E-state index >= 15 is 0 Å². The number of hydrogen-bond donors (Lipinski definition) is 1. The first-order valence-corrected chi connectivity index (χ1v) is 7.55. The van der Waals surface area contributed by atoms with Gasteiger partial charge in [0.1, 0.15) is 22.0 Å². The standard InChI is InChI=1S/C14H17NO6S/c1-19-13(17)9-8(6-21-12(16)7-4-3-5-7)10(14(18)20-2)22-11(9)15/h7H,3-6,15H2,1-2H3. The SMILES string of the molecule is COC(=O)c1sc(N)c(C(=O)OC)c1COC(=O)C1CCC1. The number of carbonyl (C=O) groups is 3. The highest BCUT2D eigenvalue weighted by atomic mass is 32.1. The van der Waals surface area contributed by atoms with Crippen molar-refractivity contribution in [1.82, 2.24) is 0 Å². The summed E-state index contributed by atoms with van der Waals surface area (Å²) in [7, 11) is 2.43. The number of ether oxygens (including phenoxy) is 3. The molecule has 0 saturated heterocycles. The van der Waals surface area contributed by atoms with Gasteiger partial charge in [0.2, 0.25) is 0 Å². The van der Waals surface area contributed by atoms with Crippen LogP contribution in [0.2, 0.25) is 0 Å². The highest BCUT2D eigenvalue weighted by Gasteiger charge is 2.30. The van der Waals surface area contributed by atoms with Crippen molar-refractivity contribution in [1.29, 1.82) is 0 Å². The van der Waals surface area contributed by atoms with Crippen LogP contribution >= 0.6 is 11.3 Å². The van der Waals surface area contributed by atoms with Crippen molar-refractivity contribution in [2.75, 3.05) is 20.0 Å². The largest absolute Gasteiger partial charge is 0.465 e. The van der Waals surface area contributed by atoms with Crippen LogP contribution in [0.4, 0.5) is 5.00 Å². The van der Waals surface area contributed by atoms with E-state index in [1.165, 1.54) is 14.2 Å². The lowest BCUT2D eigenvalue weighted by atomic mass is 9.86. The molecule has 1 aromatic rings. The van der Waals surface area contributed by atoms with E-state index in [-0.39, 0.29) is 39.5 Å². The normalized spacial score (nSPS) is 14.1. The van der Waals surface area contributed by atoms with Crippen molar-refractivity contribution in [3.8, 4) is 0 Å². The van der Waals surface area contributed by atoms with Gasteiger partial charge in [0.05, 0.1) is 20.1 Å². The molecule has 2 N–H and O–H groups in total. The third-order valence-electron chi connectivity index (χ3n) is 3.59. The molecule has 0 bridgehead atoms. The summed E-state index contributed by atoms with van der Waals surface area (Å²) in [6.45, 7) is -0.210. The number of carbonyl (C=O) groups excluding carboxylic acids is 3. The Morgan fingerprint density at radius 2 is 1.82 bits per heavy atom. The maximum absolute atomic E-state index is 11.8. The number of thiophene rings is 1. The van der Waals surface area contributed by atoms with Gasteiger partial charge in [-0.25, -0.2) is 9.59 Å². The Hall–Kier alpha value is -2.09. The first-order chi connectivity index (χ1) is 10.5. The predicted molar refractivity (Wildman–Crippen MR) is 78.5 cm³/mol. The first-order valence-electron chi connectivity index (χ1n) is 6.74. The Balaban J connectivity index is 2.26. The number of esters is 3. The number of hydrogen-bond acceptors (Lipinski definition) is 8. The van der Waals surface area contributed by atoms with Crippen LogP contribution in [-0.4, -0.2) is 32.1 Å². The summed E-state index contributed by atoms with van der Waals surface area (Å²) in [6, 6.07) is 0. The molecule has 0 amide bonds. The molecule has 2 rings (SSSR count). The molecule has 0 unspecified atom stereocenters. The number of rotatable bonds is 5. The average Bonchev–Trinajstić information content (AvgIpc) is 2.78. The maximum atomic E-state index is 11.8. The average molecular weight is 327 g/mol. The van der Waals surface area contributed by atoms with Gasteiger partial charge in [0.15, 0.2) is 0 Å². The molecule has 0 atom stereocenters. The zero-order chi connectivity index (χ0) is 16.3. The molecule has 0 spiro atoms. The van der Waals surface area contributed by atoms with Crippen LogP contribution in [0.5, 0.6) is 0 Å². The van der Waals surface area contributed by atoms with Crippen molar-refractivity contribution in [2.24, 2.45) is 5.92 Å². The minimum absolute atomic E-state index is 0.0503. The van der Waals surface area contributed by atoms with Gasteiger partial charge in [-0.1, -0.05) is 6.42 Å². The molecule has 1 heterocycles. The fourth-order valence-corrected chi connectivity index (χ4v) is 3.09. The van der Waals surface area contributed by atoms with Crippen LogP contribution < -0.4 is 5.73 Å². The van der Waals surface area contributed by atoms with Gasteiger partial charge in [0, 0.05) is 5.56 Å². The Kier molecular flexibility index (Phi) is 5.02. The van der Waals surface area contributed by atoms with E-state index in [0.717, 1.165) is 30.6 Å². The van der Waals surface area contributed by atoms with E-state index in [0.29, 0.717) is 0 Å². The topological polar surface area (TPSA) is 105 Å². The zero-order valence-electron chi connectivity index (χ0n) is 12.3. The lowest BCUT2D eigenvalue weighted by Crippen LogP contribution is -2.24. The highest BCUT2D eigenvalue weighted by molar-refractivity contribution is 7.18. The molecule has 1 saturated carbocycles. The molecule has 8 heteroatoms. The summed E-state index contributed by atoms with van der Waals surface area (Å²) in [5.74, 6) is -1.75. The first kappa shape index (κ1) is 16.3. The third kappa shape index (κ3) is 3.06. The van der Waals surface area contributed by atoms with Crippen molar-refractivity contribution >= 4 is 34.2 Å². The molecule has 0 aliphatic heterocycles. The molecule has 120 valence electrons. The molecule has 7 nitrogen and oxygen atoms in total. The van der Waals surface area contributed by atoms with Gasteiger partial charge in [0.25, 0.3) is 0 Å². The Morgan fingerprint density at radius 1 is 1.18 bits per heavy atom. The Morgan fingerprint density at radius 3 is 2.32 bits per heavy atom. The molecular formula is C14H17NO6S. The molecule has 1 aliphatic rings. The van der Waals surface area contributed by atoms with Crippen molar-refractivity contribution < 1.29 is 28.6 Å². The van der Waals surface area contributed by atoms with Gasteiger partial charge >= 0.3 is 17.9 Å². The Labute approximate surface area is 131 Å². The second-order valence-corrected chi connectivity index (χ2v) is 5.92. The summed E-state index contributed by atoms with van der Waals surface area (Å²) in [4.78, 5) is 35.6. The minimum Gasteiger partial charge on any atom is -0.465 e. The van der Waals surface area contributed by atoms with E-state index < -0.39 is 11.9 Å². The predicted octanol–water partition coefficient (Wildman–Crippen LogP) is 1.75. The van der Waals surface area contributed by atoms with Gasteiger partial charge in [-0.3, -0.25) is 4.79 Å². The van der Waals surface area contributed by atoms with E-state index in [1.807, 2.05) is 0 Å². The molecule has 0 aromatic carbocycles. The van der Waals surface area contributed by atoms with Gasteiger partial charge in [-0.05, 0) is 12.8 Å². The lowest BCUT2D eigenvalue weighted by molar-refractivity contribution is -0.152. The maximum Gasteiger partial charge on any atom is 0.348 e. The quantitative estimate of drug-likeness (QED) is 0.648. The molecule has 1 aliphatic carbocycles. The van der Waals surface area contributed by atoms with Gasteiger partial charge < -0.3 is 19.9 Å². The number of anilines is 1. The van der Waals surface area contributed by atoms with Gasteiger partial charge in [-0.15, -0.1) is 11.3 Å². The third-order valence-corrected chi connectivity index (χ3v) is 4.63. The van der Waals surface area contributed by atoms with Crippen LogP contribution in [0.3, 0.4) is 0 Å². The number of nitrogen functional groups attached to an aromatic ring is 1. The van der Waals surface area contributed by atoms with Crippen LogP contribution in [0, 0.1) is 5.92 Å². The smallest absolute Gasteiger partial charge is 0.348 e. The minimum atomic E-state index is -0.682. The van der Waals surface area contributed by atoms with Gasteiger partial charge in [-0.2, -0.15) is 0 Å². The molecule has 1 fully saturated rings. The highest BCUT2D eigenvalue weighted by Crippen LogP contribution is 2.34. The van der Waals surface area contributed by atoms with E-state index in [2.05, 4.69) is 9.47 Å². The lowest BCUT2D eigenvalue weighted by Gasteiger charge is -2.23. The molecule has 1 aromatic heterocycles. The summed E-state index contributed by atoms with van der Waals surface area (Å²) in [5, 5.41) is 0.127. The number of nitrogens with two attached hydrogens (primary N) is 1. The summed E-state index contributed by atoms with van der Waals surface area (Å²) in [5.41, 5.74) is 6.06. The van der Waals surface area contributed by atoms with E-state index in [9.17, 15) is 14.4 Å². The fraction of sp³-hybridized carbons (Fsp3) is 0.500. The summed E-state index contributed by atoms with van der Waals surface area (Å²) >= 11 is 0.908. The van der Waals surface area contributed by atoms with Crippen molar-refractivity contribution in [3.05, 3.63) is 16.0 Å². The van der Waals surface area contributed by atoms with Crippen LogP contribution in [-0.2, 0) is 25.6 Å². The molecule has 22 heavy (non-hydrogen) atoms. The monoisotopic (exact) mass is 327 g/mol. The Bertz CT molecular complexity index is 605. The fourth-order valence-electron chi connectivity index (χ4n) is 2.11. The number of methoxy groups -OCH3 is 2. The zero-order valence-corrected chi connectivity index (χ0v) is 13.2. The van der Waals surface area contributed by atoms with Crippen LogP contribution in [0.1, 0.15) is 44.9 Å². The molecular weight excluding hydrogens is 310 g/mol.